The molecule has 0 amide bonds. The summed E-state index contributed by atoms with van der Waals surface area (Å²) in [4.78, 5) is 10.4. The van der Waals surface area contributed by atoms with E-state index < -0.39 is 18.2 Å². The second kappa shape index (κ2) is 15.3. The largest absolute Gasteiger partial charge is 0.481 e. The molecule has 4 nitrogen and oxygen atoms in total. The minimum Gasteiger partial charge on any atom is -0.481 e. The van der Waals surface area contributed by atoms with Gasteiger partial charge < -0.3 is 15.3 Å². The Balaban J connectivity index is 3.38. The molecule has 0 radical (unpaired) electrons. The molecule has 0 aromatic rings. The third-order valence-corrected chi connectivity index (χ3v) is 4.19. The van der Waals surface area contributed by atoms with E-state index >= 15 is 0 Å². The average molecular weight is 316 g/mol. The molecule has 3 N–H and O–H groups in total. The third kappa shape index (κ3) is 14.3. The van der Waals surface area contributed by atoms with Gasteiger partial charge in [0.1, 0.15) is 0 Å². The van der Waals surface area contributed by atoms with Crippen LogP contribution in [0.1, 0.15) is 96.8 Å². The van der Waals surface area contributed by atoms with Crippen molar-refractivity contribution in [3.8, 4) is 0 Å². The molecule has 0 bridgehead atoms. The van der Waals surface area contributed by atoms with Crippen LogP contribution in [0.3, 0.4) is 0 Å². The molecule has 22 heavy (non-hydrogen) atoms. The highest BCUT2D eigenvalue weighted by atomic mass is 16.4. The van der Waals surface area contributed by atoms with Crippen LogP contribution in [0, 0.1) is 0 Å². The summed E-state index contributed by atoms with van der Waals surface area (Å²) in [6, 6.07) is 0. The lowest BCUT2D eigenvalue weighted by Gasteiger charge is -2.17. The van der Waals surface area contributed by atoms with Crippen molar-refractivity contribution in [1.29, 1.82) is 0 Å². The fraction of sp³-hybridized carbons (Fsp3) is 0.944. The number of carbonyl (C=O) groups is 1. The van der Waals surface area contributed by atoms with Gasteiger partial charge in [-0.2, -0.15) is 0 Å². The second-order valence-corrected chi connectivity index (χ2v) is 6.39. The summed E-state index contributed by atoms with van der Waals surface area (Å²) < 4.78 is 0. The minimum atomic E-state index is -0.728. The SMILES string of the molecule is CCCCCCCC[C@@H](O)[C@H](O)CCCCCCCC(=O)O. The Hall–Kier alpha value is -0.610. The number of hydrogen-bond acceptors (Lipinski definition) is 3. The van der Waals surface area contributed by atoms with Crippen molar-refractivity contribution in [3.05, 3.63) is 0 Å². The summed E-state index contributed by atoms with van der Waals surface area (Å²) in [6.07, 6.45) is 12.2. The van der Waals surface area contributed by atoms with E-state index in [2.05, 4.69) is 6.92 Å². The van der Waals surface area contributed by atoms with Crippen molar-refractivity contribution < 1.29 is 20.1 Å². The lowest BCUT2D eigenvalue weighted by Crippen LogP contribution is -2.25. The molecular weight excluding hydrogens is 280 g/mol. The monoisotopic (exact) mass is 316 g/mol. The fourth-order valence-corrected chi connectivity index (χ4v) is 2.68. The van der Waals surface area contributed by atoms with Gasteiger partial charge in [-0.15, -0.1) is 0 Å². The Labute approximate surface area is 135 Å². The van der Waals surface area contributed by atoms with E-state index in [1.54, 1.807) is 0 Å². The molecule has 0 aromatic heterocycles. The highest BCUT2D eigenvalue weighted by Gasteiger charge is 2.15. The van der Waals surface area contributed by atoms with Gasteiger partial charge in [0.05, 0.1) is 12.2 Å². The lowest BCUT2D eigenvalue weighted by molar-refractivity contribution is -0.137. The highest BCUT2D eigenvalue weighted by Crippen LogP contribution is 2.15. The van der Waals surface area contributed by atoms with Crippen LogP contribution in [0.25, 0.3) is 0 Å². The first-order valence-corrected chi connectivity index (χ1v) is 9.15. The first-order chi connectivity index (χ1) is 10.6. The maximum atomic E-state index is 10.4. The summed E-state index contributed by atoms with van der Waals surface area (Å²) in [5.74, 6) is -0.728. The summed E-state index contributed by atoms with van der Waals surface area (Å²) in [5, 5.41) is 28.3. The van der Waals surface area contributed by atoms with Crippen molar-refractivity contribution in [3.63, 3.8) is 0 Å². The van der Waals surface area contributed by atoms with Gasteiger partial charge in [0.2, 0.25) is 0 Å². The number of hydrogen-bond donors (Lipinski definition) is 3. The van der Waals surface area contributed by atoms with Crippen molar-refractivity contribution in [2.75, 3.05) is 0 Å². The molecule has 0 aliphatic rings. The molecule has 0 saturated heterocycles. The zero-order valence-electron chi connectivity index (χ0n) is 14.3. The van der Waals surface area contributed by atoms with E-state index in [1.807, 2.05) is 0 Å². The molecule has 0 spiro atoms. The van der Waals surface area contributed by atoms with E-state index in [0.717, 1.165) is 44.9 Å². The van der Waals surface area contributed by atoms with Crippen molar-refractivity contribution >= 4 is 5.97 Å². The quantitative estimate of drug-likeness (QED) is 0.371. The van der Waals surface area contributed by atoms with Crippen LogP contribution in [0.4, 0.5) is 0 Å². The topological polar surface area (TPSA) is 77.8 Å². The average Bonchev–Trinajstić information content (AvgIpc) is 2.49. The molecule has 0 aliphatic heterocycles. The Kier molecular flexibility index (Phi) is 14.9. The normalized spacial score (nSPS) is 14.0. The van der Waals surface area contributed by atoms with E-state index in [9.17, 15) is 15.0 Å². The molecule has 0 rings (SSSR count). The molecule has 132 valence electrons. The van der Waals surface area contributed by atoms with Crippen molar-refractivity contribution in [2.24, 2.45) is 0 Å². The molecule has 0 unspecified atom stereocenters. The smallest absolute Gasteiger partial charge is 0.303 e. The molecule has 0 aromatic carbocycles. The Morgan fingerprint density at radius 3 is 1.59 bits per heavy atom. The number of aliphatic hydroxyl groups excluding tert-OH is 2. The molecule has 4 heteroatoms. The van der Waals surface area contributed by atoms with E-state index in [4.69, 9.17) is 5.11 Å². The molecule has 0 saturated carbocycles. The van der Waals surface area contributed by atoms with Gasteiger partial charge in [-0.05, 0) is 19.3 Å². The van der Waals surface area contributed by atoms with E-state index in [0.29, 0.717) is 12.8 Å². The highest BCUT2D eigenvalue weighted by molar-refractivity contribution is 5.66. The van der Waals surface area contributed by atoms with Crippen LogP contribution in [-0.4, -0.2) is 33.5 Å². The maximum Gasteiger partial charge on any atom is 0.303 e. The predicted octanol–water partition coefficient (Wildman–Crippen LogP) is 4.27. The van der Waals surface area contributed by atoms with E-state index in [1.165, 1.54) is 25.7 Å². The summed E-state index contributed by atoms with van der Waals surface area (Å²) >= 11 is 0. The number of aliphatic carboxylic acids is 1. The van der Waals surface area contributed by atoms with Gasteiger partial charge in [-0.25, -0.2) is 0 Å². The Morgan fingerprint density at radius 1 is 0.727 bits per heavy atom. The van der Waals surface area contributed by atoms with Crippen LogP contribution in [0.2, 0.25) is 0 Å². The fourth-order valence-electron chi connectivity index (χ4n) is 2.68. The second-order valence-electron chi connectivity index (χ2n) is 6.39. The standard InChI is InChI=1S/C18H36O4/c1-2-3-4-5-7-10-13-16(19)17(20)14-11-8-6-9-12-15-18(21)22/h16-17,19-20H,2-15H2,1H3,(H,21,22)/t16-,17-/m1/s1. The minimum absolute atomic E-state index is 0.250. The van der Waals surface area contributed by atoms with Crippen LogP contribution in [0.15, 0.2) is 0 Å². The van der Waals surface area contributed by atoms with Crippen molar-refractivity contribution in [2.45, 2.75) is 109 Å². The van der Waals surface area contributed by atoms with Crippen LogP contribution >= 0.6 is 0 Å². The number of rotatable bonds is 16. The van der Waals surface area contributed by atoms with Gasteiger partial charge in [-0.1, -0.05) is 71.1 Å². The number of carboxylic acid groups (broad SMARTS) is 1. The first kappa shape index (κ1) is 21.4. The number of aliphatic hydroxyl groups is 2. The zero-order chi connectivity index (χ0) is 16.6. The number of carboxylic acids is 1. The predicted molar refractivity (Wildman–Crippen MR) is 90.0 cm³/mol. The molecule has 2 atom stereocenters. The number of unbranched alkanes of at least 4 members (excludes halogenated alkanes) is 9. The molecule has 0 fully saturated rings. The van der Waals surface area contributed by atoms with Crippen LogP contribution in [-0.2, 0) is 4.79 Å². The van der Waals surface area contributed by atoms with E-state index in [-0.39, 0.29) is 6.42 Å². The van der Waals surface area contributed by atoms with Crippen LogP contribution in [0.5, 0.6) is 0 Å². The summed E-state index contributed by atoms with van der Waals surface area (Å²) in [7, 11) is 0. The molecule has 0 aliphatic carbocycles. The Bertz CT molecular complexity index is 255. The molecule has 0 heterocycles. The van der Waals surface area contributed by atoms with Gasteiger partial charge >= 0.3 is 5.97 Å². The third-order valence-electron chi connectivity index (χ3n) is 4.19. The van der Waals surface area contributed by atoms with Gasteiger partial charge in [0.25, 0.3) is 0 Å². The maximum absolute atomic E-state index is 10.4. The van der Waals surface area contributed by atoms with Gasteiger partial charge in [0, 0.05) is 6.42 Å². The first-order valence-electron chi connectivity index (χ1n) is 9.15. The van der Waals surface area contributed by atoms with Gasteiger partial charge in [0.15, 0.2) is 0 Å². The van der Waals surface area contributed by atoms with Gasteiger partial charge in [-0.3, -0.25) is 4.79 Å². The summed E-state index contributed by atoms with van der Waals surface area (Å²) in [5.41, 5.74) is 0. The van der Waals surface area contributed by atoms with Crippen LogP contribution < -0.4 is 0 Å². The Morgan fingerprint density at radius 2 is 1.14 bits per heavy atom. The lowest BCUT2D eigenvalue weighted by atomic mass is 9.99. The zero-order valence-corrected chi connectivity index (χ0v) is 14.3. The molecular formula is C18H36O4. The summed E-state index contributed by atoms with van der Waals surface area (Å²) in [6.45, 7) is 2.20. The van der Waals surface area contributed by atoms with Crippen molar-refractivity contribution in [1.82, 2.24) is 0 Å².